The van der Waals surface area contributed by atoms with E-state index in [2.05, 4.69) is 25.6 Å². The molecule has 0 spiro atoms. The minimum atomic E-state index is -0.960. The van der Waals surface area contributed by atoms with Crippen LogP contribution >= 0.6 is 0 Å². The summed E-state index contributed by atoms with van der Waals surface area (Å²) in [6.45, 7) is 4.71. The maximum Gasteiger partial charge on any atom is 0.223 e. The number of halogens is 1. The molecule has 7 nitrogen and oxygen atoms in total. The number of hydrogen-bond donors (Lipinski definition) is 3. The van der Waals surface area contributed by atoms with Gasteiger partial charge in [0.2, 0.25) is 5.95 Å². The Morgan fingerprint density at radius 1 is 1.30 bits per heavy atom. The predicted octanol–water partition coefficient (Wildman–Crippen LogP) is 2.13. The van der Waals surface area contributed by atoms with Crippen molar-refractivity contribution in [3.05, 3.63) is 42.4 Å². The number of aliphatic hydroxyl groups is 1. The average Bonchev–Trinajstić information content (AvgIpc) is 3.06. The van der Waals surface area contributed by atoms with Crippen molar-refractivity contribution in [3.63, 3.8) is 0 Å². The second-order valence-corrected chi connectivity index (χ2v) is 7.37. The van der Waals surface area contributed by atoms with E-state index in [1.165, 1.54) is 0 Å². The summed E-state index contributed by atoms with van der Waals surface area (Å²) in [6, 6.07) is 5.16. The molecule has 3 aromatic heterocycles. The van der Waals surface area contributed by atoms with Crippen molar-refractivity contribution in [3.8, 4) is 11.4 Å². The Balaban J connectivity index is 1.67. The van der Waals surface area contributed by atoms with Gasteiger partial charge < -0.3 is 15.7 Å². The molecule has 1 fully saturated rings. The van der Waals surface area contributed by atoms with Crippen molar-refractivity contribution in [2.45, 2.75) is 38.1 Å². The van der Waals surface area contributed by atoms with E-state index in [1.54, 1.807) is 32.3 Å². The lowest BCUT2D eigenvalue weighted by molar-refractivity contribution is 0.0781. The molecule has 0 radical (unpaired) electrons. The molecule has 3 aromatic rings. The second-order valence-electron chi connectivity index (χ2n) is 7.37. The van der Waals surface area contributed by atoms with Gasteiger partial charge in [0, 0.05) is 18.9 Å². The third-order valence-electron chi connectivity index (χ3n) is 4.84. The number of rotatable bonds is 4. The summed E-state index contributed by atoms with van der Waals surface area (Å²) in [7, 11) is 0. The van der Waals surface area contributed by atoms with Gasteiger partial charge in [-0.05, 0) is 44.5 Å². The lowest BCUT2D eigenvalue weighted by Crippen LogP contribution is -2.46. The van der Waals surface area contributed by atoms with Gasteiger partial charge in [-0.2, -0.15) is 0 Å². The smallest absolute Gasteiger partial charge is 0.223 e. The first-order valence-corrected chi connectivity index (χ1v) is 9.06. The molecule has 27 heavy (non-hydrogen) atoms. The Bertz CT molecular complexity index is 951. The van der Waals surface area contributed by atoms with E-state index < -0.39 is 11.8 Å². The van der Waals surface area contributed by atoms with Gasteiger partial charge in [0.1, 0.15) is 11.8 Å². The van der Waals surface area contributed by atoms with Crippen LogP contribution in [0.3, 0.4) is 0 Å². The molecule has 1 aliphatic rings. The summed E-state index contributed by atoms with van der Waals surface area (Å²) in [5.41, 5.74) is 2.02. The minimum absolute atomic E-state index is 0.349. The van der Waals surface area contributed by atoms with Crippen LogP contribution in [0.2, 0.25) is 0 Å². The molecule has 1 unspecified atom stereocenters. The van der Waals surface area contributed by atoms with Crippen LogP contribution in [-0.4, -0.2) is 49.8 Å². The van der Waals surface area contributed by atoms with Crippen LogP contribution in [0.25, 0.3) is 17.0 Å². The fourth-order valence-electron chi connectivity index (χ4n) is 3.24. The number of nitrogens with zero attached hydrogens (tertiary/aromatic N) is 4. The lowest BCUT2D eigenvalue weighted by atomic mass is 10.0. The van der Waals surface area contributed by atoms with Gasteiger partial charge >= 0.3 is 0 Å². The lowest BCUT2D eigenvalue weighted by Gasteiger charge is -2.27. The molecule has 3 N–H and O–H groups in total. The molecule has 142 valence electrons. The van der Waals surface area contributed by atoms with Crippen molar-refractivity contribution >= 4 is 11.6 Å². The Morgan fingerprint density at radius 3 is 2.93 bits per heavy atom. The van der Waals surface area contributed by atoms with Gasteiger partial charge in [-0.1, -0.05) is 6.07 Å². The summed E-state index contributed by atoms with van der Waals surface area (Å²) >= 11 is 0. The summed E-state index contributed by atoms with van der Waals surface area (Å²) in [5, 5.41) is 16.6. The van der Waals surface area contributed by atoms with E-state index in [4.69, 9.17) is 0 Å². The number of fused-ring (bicyclic) bond motifs is 1. The van der Waals surface area contributed by atoms with Crippen LogP contribution in [0, 0.1) is 0 Å². The van der Waals surface area contributed by atoms with E-state index in [9.17, 15) is 9.50 Å². The van der Waals surface area contributed by atoms with Gasteiger partial charge in [0.25, 0.3) is 0 Å². The van der Waals surface area contributed by atoms with E-state index in [-0.39, 0.29) is 6.04 Å². The van der Waals surface area contributed by atoms with Crippen LogP contribution in [0.1, 0.15) is 25.8 Å². The zero-order valence-electron chi connectivity index (χ0n) is 15.4. The number of nitrogens with one attached hydrogen (secondary N) is 2. The molecule has 4 heterocycles. The maximum atomic E-state index is 14.1. The van der Waals surface area contributed by atoms with Gasteiger partial charge in [0.15, 0.2) is 0 Å². The molecular formula is C19H23FN6O. The van der Waals surface area contributed by atoms with E-state index >= 15 is 0 Å². The molecule has 1 saturated heterocycles. The topological polar surface area (TPSA) is 87.4 Å². The quantitative estimate of drug-likeness (QED) is 0.652. The number of alkyl halides is 1. The van der Waals surface area contributed by atoms with Crippen LogP contribution in [0.15, 0.2) is 36.8 Å². The zero-order valence-corrected chi connectivity index (χ0v) is 15.4. The monoisotopic (exact) mass is 370 g/mol. The highest BCUT2D eigenvalue weighted by atomic mass is 19.1. The zero-order chi connectivity index (χ0) is 19.0. The Labute approximate surface area is 156 Å². The summed E-state index contributed by atoms with van der Waals surface area (Å²) in [6.07, 6.45) is 4.78. The van der Waals surface area contributed by atoms with Gasteiger partial charge in [-0.25, -0.2) is 19.3 Å². The van der Waals surface area contributed by atoms with Crippen molar-refractivity contribution in [2.75, 3.05) is 18.4 Å². The van der Waals surface area contributed by atoms with Crippen LogP contribution < -0.4 is 10.6 Å². The van der Waals surface area contributed by atoms with Gasteiger partial charge in [-0.15, -0.1) is 0 Å². The first kappa shape index (κ1) is 17.8. The largest absolute Gasteiger partial charge is 0.386 e. The van der Waals surface area contributed by atoms with E-state index in [1.807, 2.05) is 22.7 Å². The molecule has 0 aromatic carbocycles. The number of aromatic nitrogens is 4. The fraction of sp³-hybridized carbons (Fsp3) is 0.421. The highest BCUT2D eigenvalue weighted by Crippen LogP contribution is 2.25. The summed E-state index contributed by atoms with van der Waals surface area (Å²) in [5.74, 6) is 0.387. The first-order chi connectivity index (χ1) is 12.9. The normalized spacial score (nSPS) is 20.7. The van der Waals surface area contributed by atoms with Crippen molar-refractivity contribution < 1.29 is 9.50 Å². The van der Waals surface area contributed by atoms with Gasteiger partial charge in [-0.3, -0.25) is 4.40 Å². The van der Waals surface area contributed by atoms with Crippen LogP contribution in [0.5, 0.6) is 0 Å². The highest BCUT2D eigenvalue weighted by molar-refractivity contribution is 5.61. The third-order valence-corrected chi connectivity index (χ3v) is 4.84. The van der Waals surface area contributed by atoms with Crippen LogP contribution in [-0.2, 0) is 5.60 Å². The van der Waals surface area contributed by atoms with Crippen molar-refractivity contribution in [1.29, 1.82) is 0 Å². The predicted molar refractivity (Wildman–Crippen MR) is 101 cm³/mol. The van der Waals surface area contributed by atoms with E-state index in [0.717, 1.165) is 16.9 Å². The summed E-state index contributed by atoms with van der Waals surface area (Å²) < 4.78 is 16.0. The summed E-state index contributed by atoms with van der Waals surface area (Å²) in [4.78, 5) is 13.2. The molecule has 1 aliphatic heterocycles. The Morgan fingerprint density at radius 2 is 2.15 bits per heavy atom. The van der Waals surface area contributed by atoms with Crippen molar-refractivity contribution in [1.82, 2.24) is 24.7 Å². The highest BCUT2D eigenvalue weighted by Gasteiger charge is 2.25. The number of hydrogen-bond acceptors (Lipinski definition) is 6. The molecular weight excluding hydrogens is 347 g/mol. The van der Waals surface area contributed by atoms with Gasteiger partial charge in [0.05, 0.1) is 29.2 Å². The number of pyridine rings is 1. The van der Waals surface area contributed by atoms with E-state index in [0.29, 0.717) is 31.2 Å². The third kappa shape index (κ3) is 3.63. The van der Waals surface area contributed by atoms with Crippen LogP contribution in [0.4, 0.5) is 10.3 Å². The number of piperidine rings is 1. The standard InChI is InChI=1S/C19H23FN6O/c1-19(2,27)12-3-4-17-23-10-16(26(17)11-12)14-6-8-22-18(24-14)25-15-9-21-7-5-13(15)20/h3-4,6,8,10-11,13,15,21,27H,5,7,9H2,1-2H3,(H,22,24,25)/t13?,15-/m0/s1. The molecule has 0 amide bonds. The molecule has 0 bridgehead atoms. The molecule has 2 atom stereocenters. The first-order valence-electron chi connectivity index (χ1n) is 9.06. The Kier molecular flexibility index (Phi) is 4.53. The minimum Gasteiger partial charge on any atom is -0.386 e. The molecule has 0 aliphatic carbocycles. The molecule has 0 saturated carbocycles. The average molecular weight is 370 g/mol. The molecule has 8 heteroatoms. The fourth-order valence-corrected chi connectivity index (χ4v) is 3.24. The van der Waals surface area contributed by atoms with Crippen molar-refractivity contribution in [2.24, 2.45) is 0 Å². The Hall–Kier alpha value is -2.58. The SMILES string of the molecule is CC(C)(O)c1ccc2ncc(-c3ccnc(N[C@H]4CNCCC4F)n3)n2c1. The number of imidazole rings is 1. The molecule has 4 rings (SSSR count). The maximum absolute atomic E-state index is 14.1. The second kappa shape index (κ2) is 6.86. The number of anilines is 1.